The lowest BCUT2D eigenvalue weighted by molar-refractivity contribution is -0.140. The number of halogens is 2. The first-order chi connectivity index (χ1) is 13.4. The van der Waals surface area contributed by atoms with Gasteiger partial charge in [0.15, 0.2) is 0 Å². The average Bonchev–Trinajstić information content (AvgIpc) is 2.64. The van der Waals surface area contributed by atoms with Gasteiger partial charge in [0, 0.05) is 28.7 Å². The largest absolute Gasteiger partial charge is 0.355 e. The maximum absolute atomic E-state index is 13.2. The SMILES string of the molecule is CCNC(=O)[C@@H](CC)N(Cc1c(Cl)cccc1Cl)C(=O)Cc1cccc(C)c1. The predicted octanol–water partition coefficient (Wildman–Crippen LogP) is 4.79. The number of amides is 2. The summed E-state index contributed by atoms with van der Waals surface area (Å²) in [6.45, 7) is 6.41. The molecule has 0 unspecified atom stereocenters. The van der Waals surface area contributed by atoms with Crippen LogP contribution in [0.5, 0.6) is 0 Å². The molecule has 0 aliphatic carbocycles. The minimum absolute atomic E-state index is 0.139. The second-order valence-corrected chi connectivity index (χ2v) is 7.52. The van der Waals surface area contributed by atoms with Gasteiger partial charge in [-0.3, -0.25) is 9.59 Å². The van der Waals surface area contributed by atoms with Crippen LogP contribution in [0.1, 0.15) is 37.0 Å². The Bertz CT molecular complexity index is 819. The van der Waals surface area contributed by atoms with Crippen LogP contribution in [0.25, 0.3) is 0 Å². The monoisotopic (exact) mass is 420 g/mol. The van der Waals surface area contributed by atoms with Crippen molar-refractivity contribution in [2.24, 2.45) is 0 Å². The number of rotatable bonds is 8. The smallest absolute Gasteiger partial charge is 0.242 e. The van der Waals surface area contributed by atoms with Crippen molar-refractivity contribution in [3.05, 3.63) is 69.2 Å². The normalized spacial score (nSPS) is 11.8. The van der Waals surface area contributed by atoms with E-state index in [9.17, 15) is 9.59 Å². The summed E-state index contributed by atoms with van der Waals surface area (Å²) in [6, 6.07) is 12.4. The first-order valence-electron chi connectivity index (χ1n) is 9.42. The third-order valence-corrected chi connectivity index (χ3v) is 5.27. The van der Waals surface area contributed by atoms with Gasteiger partial charge < -0.3 is 10.2 Å². The second-order valence-electron chi connectivity index (χ2n) is 6.71. The molecule has 0 saturated heterocycles. The molecule has 2 amide bonds. The molecule has 2 rings (SSSR count). The van der Waals surface area contributed by atoms with Crippen molar-refractivity contribution in [3.63, 3.8) is 0 Å². The van der Waals surface area contributed by atoms with Crippen LogP contribution in [0.4, 0.5) is 0 Å². The van der Waals surface area contributed by atoms with Crippen LogP contribution in [0.2, 0.25) is 10.0 Å². The van der Waals surface area contributed by atoms with Crippen molar-refractivity contribution in [1.82, 2.24) is 10.2 Å². The highest BCUT2D eigenvalue weighted by atomic mass is 35.5. The highest BCUT2D eigenvalue weighted by Crippen LogP contribution is 2.27. The van der Waals surface area contributed by atoms with Gasteiger partial charge in [0.25, 0.3) is 0 Å². The van der Waals surface area contributed by atoms with E-state index in [-0.39, 0.29) is 24.8 Å². The maximum Gasteiger partial charge on any atom is 0.242 e. The van der Waals surface area contributed by atoms with Crippen molar-refractivity contribution in [2.45, 2.75) is 46.2 Å². The Labute approximate surface area is 176 Å². The molecule has 0 aliphatic rings. The summed E-state index contributed by atoms with van der Waals surface area (Å²) in [5.41, 5.74) is 2.64. The molecule has 0 aromatic heterocycles. The first kappa shape index (κ1) is 22.3. The van der Waals surface area contributed by atoms with E-state index in [2.05, 4.69) is 5.32 Å². The zero-order chi connectivity index (χ0) is 20.7. The topological polar surface area (TPSA) is 49.4 Å². The standard InChI is InChI=1S/C22H26Cl2N2O2/c1-4-20(22(28)25-5-2)26(14-17-18(23)10-7-11-19(17)24)21(27)13-16-9-6-8-15(3)12-16/h6-12,20H,4-5,13-14H2,1-3H3,(H,25,28)/t20-/m1/s1. The van der Waals surface area contributed by atoms with Gasteiger partial charge in [0.05, 0.1) is 6.42 Å². The van der Waals surface area contributed by atoms with Crippen molar-refractivity contribution in [2.75, 3.05) is 6.54 Å². The van der Waals surface area contributed by atoms with Crippen molar-refractivity contribution >= 4 is 35.0 Å². The van der Waals surface area contributed by atoms with Crippen molar-refractivity contribution in [3.8, 4) is 0 Å². The number of likely N-dealkylation sites (N-methyl/N-ethyl adjacent to an activating group) is 1. The molecule has 0 saturated carbocycles. The van der Waals surface area contributed by atoms with Crippen LogP contribution in [0.15, 0.2) is 42.5 Å². The Morgan fingerprint density at radius 3 is 2.29 bits per heavy atom. The molecule has 28 heavy (non-hydrogen) atoms. The molecular formula is C22H26Cl2N2O2. The molecule has 6 heteroatoms. The molecule has 0 fully saturated rings. The third kappa shape index (κ3) is 5.73. The molecule has 0 heterocycles. The first-order valence-corrected chi connectivity index (χ1v) is 10.2. The molecule has 4 nitrogen and oxygen atoms in total. The van der Waals surface area contributed by atoms with Crippen LogP contribution < -0.4 is 5.32 Å². The van der Waals surface area contributed by atoms with Gasteiger partial charge in [-0.2, -0.15) is 0 Å². The van der Waals surface area contributed by atoms with Crippen LogP contribution in [0.3, 0.4) is 0 Å². The third-order valence-electron chi connectivity index (χ3n) is 4.56. The second kappa shape index (κ2) is 10.5. The van der Waals surface area contributed by atoms with E-state index >= 15 is 0 Å². The Kier molecular flexibility index (Phi) is 8.34. The minimum Gasteiger partial charge on any atom is -0.355 e. The molecule has 2 aromatic carbocycles. The zero-order valence-electron chi connectivity index (χ0n) is 16.5. The van der Waals surface area contributed by atoms with Gasteiger partial charge in [-0.05, 0) is 38.0 Å². The van der Waals surface area contributed by atoms with E-state index in [1.54, 1.807) is 23.1 Å². The number of nitrogens with one attached hydrogen (secondary N) is 1. The maximum atomic E-state index is 13.2. The molecule has 0 spiro atoms. The van der Waals surface area contributed by atoms with Crippen LogP contribution >= 0.6 is 23.2 Å². The number of aryl methyl sites for hydroxylation is 1. The number of hydrogen-bond donors (Lipinski definition) is 1. The molecule has 0 radical (unpaired) electrons. The van der Waals surface area contributed by atoms with Gasteiger partial charge in [-0.15, -0.1) is 0 Å². The van der Waals surface area contributed by atoms with Gasteiger partial charge in [0.1, 0.15) is 6.04 Å². The van der Waals surface area contributed by atoms with Crippen molar-refractivity contribution < 1.29 is 9.59 Å². The van der Waals surface area contributed by atoms with E-state index in [0.29, 0.717) is 28.6 Å². The van der Waals surface area contributed by atoms with Gasteiger partial charge in [-0.25, -0.2) is 0 Å². The molecule has 1 atom stereocenters. The number of carbonyl (C=O) groups excluding carboxylic acids is 2. The lowest BCUT2D eigenvalue weighted by Crippen LogP contribution is -2.49. The summed E-state index contributed by atoms with van der Waals surface area (Å²) in [4.78, 5) is 27.4. The Balaban J connectivity index is 2.36. The molecule has 0 aliphatic heterocycles. The van der Waals surface area contributed by atoms with Gasteiger partial charge in [0.2, 0.25) is 11.8 Å². The molecule has 150 valence electrons. The Morgan fingerprint density at radius 1 is 1.07 bits per heavy atom. The lowest BCUT2D eigenvalue weighted by Gasteiger charge is -2.31. The molecule has 0 bridgehead atoms. The van der Waals surface area contributed by atoms with E-state index in [1.807, 2.05) is 45.0 Å². The quantitative estimate of drug-likeness (QED) is 0.667. The number of carbonyl (C=O) groups is 2. The fourth-order valence-electron chi connectivity index (χ4n) is 3.16. The van der Waals surface area contributed by atoms with Crippen LogP contribution in [0, 0.1) is 6.92 Å². The number of nitrogens with zero attached hydrogens (tertiary/aromatic N) is 1. The summed E-state index contributed by atoms with van der Waals surface area (Å²) in [7, 11) is 0. The van der Waals surface area contributed by atoms with E-state index in [1.165, 1.54) is 0 Å². The Hall–Kier alpha value is -2.04. The number of hydrogen-bond acceptors (Lipinski definition) is 2. The van der Waals surface area contributed by atoms with Gasteiger partial charge in [-0.1, -0.05) is 66.0 Å². The summed E-state index contributed by atoms with van der Waals surface area (Å²) in [5, 5.41) is 3.78. The summed E-state index contributed by atoms with van der Waals surface area (Å²) >= 11 is 12.6. The summed E-state index contributed by atoms with van der Waals surface area (Å²) < 4.78 is 0. The Morgan fingerprint density at radius 2 is 1.71 bits per heavy atom. The van der Waals surface area contributed by atoms with Crippen molar-refractivity contribution in [1.29, 1.82) is 0 Å². The summed E-state index contributed by atoms with van der Waals surface area (Å²) in [5.74, 6) is -0.314. The molecule has 1 N–H and O–H groups in total. The lowest BCUT2D eigenvalue weighted by atomic mass is 10.1. The van der Waals surface area contributed by atoms with E-state index in [0.717, 1.165) is 11.1 Å². The van der Waals surface area contributed by atoms with Gasteiger partial charge >= 0.3 is 0 Å². The zero-order valence-corrected chi connectivity index (χ0v) is 18.0. The molecular weight excluding hydrogens is 395 g/mol. The molecule has 2 aromatic rings. The fraction of sp³-hybridized carbons (Fsp3) is 0.364. The highest BCUT2D eigenvalue weighted by molar-refractivity contribution is 6.36. The van der Waals surface area contributed by atoms with Crippen LogP contribution in [-0.2, 0) is 22.6 Å². The van der Waals surface area contributed by atoms with E-state index < -0.39 is 6.04 Å². The predicted molar refractivity (Wildman–Crippen MR) is 115 cm³/mol. The summed E-state index contributed by atoms with van der Waals surface area (Å²) in [6.07, 6.45) is 0.702. The van der Waals surface area contributed by atoms with E-state index in [4.69, 9.17) is 23.2 Å². The minimum atomic E-state index is -0.593. The number of benzene rings is 2. The average molecular weight is 421 g/mol. The highest BCUT2D eigenvalue weighted by Gasteiger charge is 2.29. The fourth-order valence-corrected chi connectivity index (χ4v) is 3.68. The van der Waals surface area contributed by atoms with Crippen LogP contribution in [-0.4, -0.2) is 29.3 Å².